The van der Waals surface area contributed by atoms with Crippen molar-refractivity contribution in [2.45, 2.75) is 12.3 Å². The van der Waals surface area contributed by atoms with E-state index in [2.05, 4.69) is 39.4 Å². The second-order valence-electron chi connectivity index (χ2n) is 6.28. The molecule has 1 aliphatic heterocycles. The lowest BCUT2D eigenvalue weighted by Gasteiger charge is -2.28. The van der Waals surface area contributed by atoms with E-state index < -0.39 is 0 Å². The van der Waals surface area contributed by atoms with Gasteiger partial charge in [-0.2, -0.15) is 0 Å². The fraction of sp³-hybridized carbons (Fsp3) is 0.190. The predicted molar refractivity (Wildman–Crippen MR) is 106 cm³/mol. The average molecular weight is 412 g/mol. The number of nitrogens with one attached hydrogen (secondary N) is 1. The molecule has 26 heavy (non-hydrogen) atoms. The highest BCUT2D eigenvalue weighted by Gasteiger charge is 2.30. The number of amides is 1. The van der Waals surface area contributed by atoms with Crippen molar-refractivity contribution >= 4 is 38.3 Å². The summed E-state index contributed by atoms with van der Waals surface area (Å²) in [6.45, 7) is 0. The summed E-state index contributed by atoms with van der Waals surface area (Å²) < 4.78 is 11.9. The van der Waals surface area contributed by atoms with Gasteiger partial charge in [0.05, 0.1) is 24.4 Å². The Morgan fingerprint density at radius 2 is 1.77 bits per heavy atom. The van der Waals surface area contributed by atoms with E-state index in [0.717, 1.165) is 37.8 Å². The molecule has 4 nitrogen and oxygen atoms in total. The Morgan fingerprint density at radius 1 is 1.00 bits per heavy atom. The molecule has 0 bridgehead atoms. The molecule has 0 radical (unpaired) electrons. The Hall–Kier alpha value is -2.53. The first-order chi connectivity index (χ1) is 12.6. The van der Waals surface area contributed by atoms with Gasteiger partial charge in [-0.25, -0.2) is 0 Å². The van der Waals surface area contributed by atoms with E-state index in [1.54, 1.807) is 14.2 Å². The second-order valence-corrected chi connectivity index (χ2v) is 7.14. The first-order valence-electron chi connectivity index (χ1n) is 8.35. The topological polar surface area (TPSA) is 47.6 Å². The Labute approximate surface area is 160 Å². The first-order valence-corrected chi connectivity index (χ1v) is 9.14. The highest BCUT2D eigenvalue weighted by atomic mass is 79.9. The van der Waals surface area contributed by atoms with Gasteiger partial charge in [0, 0.05) is 23.3 Å². The fourth-order valence-corrected chi connectivity index (χ4v) is 4.12. The summed E-state index contributed by atoms with van der Waals surface area (Å²) in [6, 6.07) is 16.1. The van der Waals surface area contributed by atoms with Gasteiger partial charge in [0.25, 0.3) is 0 Å². The molecule has 0 unspecified atom stereocenters. The van der Waals surface area contributed by atoms with Gasteiger partial charge in [0.15, 0.2) is 0 Å². The van der Waals surface area contributed by atoms with Gasteiger partial charge >= 0.3 is 0 Å². The van der Waals surface area contributed by atoms with Gasteiger partial charge in [-0.1, -0.05) is 36.4 Å². The molecule has 1 amide bonds. The van der Waals surface area contributed by atoms with Crippen molar-refractivity contribution in [1.82, 2.24) is 0 Å². The Kier molecular flexibility index (Phi) is 4.32. The summed E-state index contributed by atoms with van der Waals surface area (Å²) in [5.41, 5.74) is 2.91. The van der Waals surface area contributed by atoms with E-state index in [4.69, 9.17) is 9.47 Å². The SMILES string of the molecule is COc1cc([C@@H]2CC(=O)Nc3c2ccc2ccccc32)c(OC)cc1Br. The van der Waals surface area contributed by atoms with Crippen LogP contribution in [0.3, 0.4) is 0 Å². The lowest BCUT2D eigenvalue weighted by molar-refractivity contribution is -0.116. The summed E-state index contributed by atoms with van der Waals surface area (Å²) in [4.78, 5) is 12.5. The fourth-order valence-electron chi connectivity index (χ4n) is 3.64. The van der Waals surface area contributed by atoms with E-state index in [1.807, 2.05) is 30.3 Å². The van der Waals surface area contributed by atoms with Gasteiger partial charge < -0.3 is 14.8 Å². The maximum absolute atomic E-state index is 12.5. The minimum Gasteiger partial charge on any atom is -0.496 e. The zero-order valence-electron chi connectivity index (χ0n) is 14.5. The monoisotopic (exact) mass is 411 g/mol. The van der Waals surface area contributed by atoms with Crippen LogP contribution in [-0.2, 0) is 4.79 Å². The van der Waals surface area contributed by atoms with Crippen LogP contribution in [0.1, 0.15) is 23.5 Å². The van der Waals surface area contributed by atoms with Crippen molar-refractivity contribution < 1.29 is 14.3 Å². The van der Waals surface area contributed by atoms with Gasteiger partial charge in [0.2, 0.25) is 5.91 Å². The maximum Gasteiger partial charge on any atom is 0.225 e. The Bertz CT molecular complexity index is 1020. The number of methoxy groups -OCH3 is 2. The van der Waals surface area contributed by atoms with Gasteiger partial charge in [-0.15, -0.1) is 0 Å². The molecule has 0 saturated carbocycles. The molecule has 0 saturated heterocycles. The Morgan fingerprint density at radius 3 is 2.54 bits per heavy atom. The maximum atomic E-state index is 12.5. The summed E-state index contributed by atoms with van der Waals surface area (Å²) in [6.07, 6.45) is 0.368. The molecule has 1 heterocycles. The number of ether oxygens (including phenoxy) is 2. The molecular weight excluding hydrogens is 394 g/mol. The van der Waals surface area contributed by atoms with E-state index in [1.165, 1.54) is 0 Å². The van der Waals surface area contributed by atoms with Crippen molar-refractivity contribution in [3.05, 3.63) is 64.1 Å². The number of anilines is 1. The number of carbonyl (C=O) groups excluding carboxylic acids is 1. The lowest BCUT2D eigenvalue weighted by Crippen LogP contribution is -2.24. The van der Waals surface area contributed by atoms with Crippen molar-refractivity contribution in [2.24, 2.45) is 0 Å². The zero-order valence-corrected chi connectivity index (χ0v) is 16.1. The molecule has 132 valence electrons. The predicted octanol–water partition coefficient (Wildman–Crippen LogP) is 5.09. The molecule has 0 aromatic heterocycles. The van der Waals surface area contributed by atoms with Crippen LogP contribution in [0.5, 0.6) is 11.5 Å². The largest absolute Gasteiger partial charge is 0.496 e. The summed E-state index contributed by atoms with van der Waals surface area (Å²) in [7, 11) is 3.27. The first kappa shape index (κ1) is 16.9. The molecule has 1 aliphatic rings. The van der Waals surface area contributed by atoms with Gasteiger partial charge in [-0.3, -0.25) is 4.79 Å². The number of rotatable bonds is 3. The molecule has 4 rings (SSSR count). The van der Waals surface area contributed by atoms with Crippen LogP contribution < -0.4 is 14.8 Å². The van der Waals surface area contributed by atoms with Crippen LogP contribution in [-0.4, -0.2) is 20.1 Å². The highest BCUT2D eigenvalue weighted by Crippen LogP contribution is 2.45. The molecule has 0 spiro atoms. The minimum absolute atomic E-state index is 0.00258. The number of carbonyl (C=O) groups is 1. The molecule has 5 heteroatoms. The average Bonchev–Trinajstić information content (AvgIpc) is 2.67. The lowest BCUT2D eigenvalue weighted by atomic mass is 9.83. The summed E-state index contributed by atoms with van der Waals surface area (Å²) >= 11 is 3.50. The van der Waals surface area contributed by atoms with E-state index in [9.17, 15) is 4.79 Å². The molecule has 3 aromatic carbocycles. The zero-order chi connectivity index (χ0) is 18.3. The number of benzene rings is 3. The van der Waals surface area contributed by atoms with E-state index in [0.29, 0.717) is 12.2 Å². The molecule has 1 N–H and O–H groups in total. The molecule has 0 fully saturated rings. The molecule has 1 atom stereocenters. The van der Waals surface area contributed by atoms with Crippen LogP contribution in [0.25, 0.3) is 10.8 Å². The summed E-state index contributed by atoms with van der Waals surface area (Å²) in [5, 5.41) is 5.21. The normalized spacial score (nSPS) is 16.1. The number of hydrogen-bond acceptors (Lipinski definition) is 3. The van der Waals surface area contributed by atoms with Crippen LogP contribution >= 0.6 is 15.9 Å². The smallest absolute Gasteiger partial charge is 0.225 e. The van der Waals surface area contributed by atoms with Crippen molar-refractivity contribution in [3.8, 4) is 11.5 Å². The molecular formula is C21H18BrNO3. The number of fused-ring (bicyclic) bond motifs is 3. The Balaban J connectivity index is 1.95. The van der Waals surface area contributed by atoms with E-state index in [-0.39, 0.29) is 11.8 Å². The number of hydrogen-bond donors (Lipinski definition) is 1. The molecule has 0 aliphatic carbocycles. The van der Waals surface area contributed by atoms with Crippen LogP contribution in [0, 0.1) is 0 Å². The summed E-state index contributed by atoms with van der Waals surface area (Å²) in [5.74, 6) is 1.36. The third-order valence-electron chi connectivity index (χ3n) is 4.87. The molecule has 3 aromatic rings. The van der Waals surface area contributed by atoms with Gasteiger partial charge in [0.1, 0.15) is 11.5 Å². The van der Waals surface area contributed by atoms with Crippen molar-refractivity contribution in [1.29, 1.82) is 0 Å². The standard InChI is InChI=1S/C21H18BrNO3/c1-25-18-11-17(22)19(26-2)9-16(18)15-10-20(24)23-21-13-6-4-3-5-12(13)7-8-14(15)21/h3-9,11,15H,10H2,1-2H3,(H,23,24)/t15-/m1/s1. The van der Waals surface area contributed by atoms with Crippen molar-refractivity contribution in [2.75, 3.05) is 19.5 Å². The third-order valence-corrected chi connectivity index (χ3v) is 5.49. The van der Waals surface area contributed by atoms with Gasteiger partial charge in [-0.05, 0) is 39.0 Å². The second kappa shape index (κ2) is 6.65. The quantitative estimate of drug-likeness (QED) is 0.652. The highest BCUT2D eigenvalue weighted by molar-refractivity contribution is 9.10. The number of halogens is 1. The third kappa shape index (κ3) is 2.72. The minimum atomic E-state index is -0.0969. The van der Waals surface area contributed by atoms with Crippen LogP contribution in [0.2, 0.25) is 0 Å². The van der Waals surface area contributed by atoms with E-state index >= 15 is 0 Å². The van der Waals surface area contributed by atoms with Crippen LogP contribution in [0.15, 0.2) is 53.0 Å². The van der Waals surface area contributed by atoms with Crippen molar-refractivity contribution in [3.63, 3.8) is 0 Å². The van der Waals surface area contributed by atoms with Crippen LogP contribution in [0.4, 0.5) is 5.69 Å².